The average Bonchev–Trinajstić information content (AvgIpc) is 2.20. The third-order valence-electron chi connectivity index (χ3n) is 1.85. The van der Waals surface area contributed by atoms with Crippen LogP contribution in [0.4, 0.5) is 0 Å². The van der Waals surface area contributed by atoms with Gasteiger partial charge in [0.25, 0.3) is 6.47 Å². The Bertz CT molecular complexity index is 168. The van der Waals surface area contributed by atoms with Gasteiger partial charge in [0.2, 0.25) is 0 Å². The Morgan fingerprint density at radius 2 is 2.07 bits per heavy atom. The fourth-order valence-corrected chi connectivity index (χ4v) is 1.00. The Balaban J connectivity index is 3.63. The van der Waals surface area contributed by atoms with Crippen molar-refractivity contribution < 1.29 is 19.1 Å². The summed E-state index contributed by atoms with van der Waals surface area (Å²) in [6.45, 7) is 4.53. The molecule has 0 spiro atoms. The largest absolute Gasteiger partial charge is 0.463 e. The van der Waals surface area contributed by atoms with E-state index in [9.17, 15) is 9.59 Å². The van der Waals surface area contributed by atoms with E-state index in [1.807, 2.05) is 0 Å². The molecule has 0 fully saturated rings. The van der Waals surface area contributed by atoms with Crippen molar-refractivity contribution in [3.05, 3.63) is 0 Å². The summed E-state index contributed by atoms with van der Waals surface area (Å²) in [7, 11) is 0. The first kappa shape index (κ1) is 12.9. The van der Waals surface area contributed by atoms with Crippen LogP contribution in [0.3, 0.4) is 0 Å². The maximum Gasteiger partial charge on any atom is 0.347 e. The lowest BCUT2D eigenvalue weighted by Crippen LogP contribution is -2.25. The van der Waals surface area contributed by atoms with Gasteiger partial charge in [0.1, 0.15) is 0 Å². The fraction of sp³-hybridized carbons (Fsp3) is 0.800. The molecule has 0 aliphatic rings. The van der Waals surface area contributed by atoms with Gasteiger partial charge in [-0.3, -0.25) is 4.79 Å². The zero-order valence-corrected chi connectivity index (χ0v) is 8.82. The van der Waals surface area contributed by atoms with Crippen LogP contribution in [0.15, 0.2) is 0 Å². The fourth-order valence-electron chi connectivity index (χ4n) is 1.00. The summed E-state index contributed by atoms with van der Waals surface area (Å²) in [4.78, 5) is 21.2. The zero-order chi connectivity index (χ0) is 10.8. The summed E-state index contributed by atoms with van der Waals surface area (Å²) in [5, 5.41) is 0. The van der Waals surface area contributed by atoms with E-state index in [0.717, 1.165) is 19.3 Å². The lowest BCUT2D eigenvalue weighted by Gasteiger charge is -2.11. The molecule has 14 heavy (non-hydrogen) atoms. The maximum absolute atomic E-state index is 11.2. The van der Waals surface area contributed by atoms with Gasteiger partial charge in [0.15, 0.2) is 6.10 Å². The van der Waals surface area contributed by atoms with Crippen molar-refractivity contribution in [1.82, 2.24) is 0 Å². The zero-order valence-electron chi connectivity index (χ0n) is 8.82. The Morgan fingerprint density at radius 1 is 1.36 bits per heavy atom. The van der Waals surface area contributed by atoms with Crippen LogP contribution < -0.4 is 0 Å². The quantitative estimate of drug-likeness (QED) is 0.341. The molecule has 0 aromatic heterocycles. The Morgan fingerprint density at radius 3 is 2.57 bits per heavy atom. The van der Waals surface area contributed by atoms with E-state index in [-0.39, 0.29) is 6.47 Å². The molecule has 0 aromatic carbocycles. The van der Waals surface area contributed by atoms with Gasteiger partial charge in [-0.15, -0.1) is 0 Å². The first-order valence-electron chi connectivity index (χ1n) is 5.02. The van der Waals surface area contributed by atoms with E-state index >= 15 is 0 Å². The average molecular weight is 202 g/mol. The molecule has 0 saturated heterocycles. The summed E-state index contributed by atoms with van der Waals surface area (Å²) < 4.78 is 9.48. The van der Waals surface area contributed by atoms with E-state index in [1.54, 1.807) is 6.92 Å². The van der Waals surface area contributed by atoms with Crippen LogP contribution in [0.25, 0.3) is 0 Å². The van der Waals surface area contributed by atoms with Crippen LogP contribution in [0.1, 0.15) is 39.5 Å². The van der Waals surface area contributed by atoms with Crippen LogP contribution in [0.5, 0.6) is 0 Å². The normalized spacial score (nSPS) is 11.9. The van der Waals surface area contributed by atoms with Crippen molar-refractivity contribution >= 4 is 12.4 Å². The van der Waals surface area contributed by atoms with E-state index in [0.29, 0.717) is 13.0 Å². The number of ether oxygens (including phenoxy) is 2. The molecule has 0 saturated carbocycles. The third-order valence-corrected chi connectivity index (χ3v) is 1.85. The molecule has 0 bridgehead atoms. The van der Waals surface area contributed by atoms with Crippen LogP contribution >= 0.6 is 0 Å². The molecule has 0 N–H and O–H groups in total. The molecular formula is C10H18O4. The Hall–Kier alpha value is -1.06. The lowest BCUT2D eigenvalue weighted by atomic mass is 10.2. The standard InChI is InChI=1S/C10H18O4/c1-3-5-6-7-13-10(12)9(4-2)14-8-11/h8-9H,3-7H2,1-2H3. The highest BCUT2D eigenvalue weighted by molar-refractivity contribution is 5.75. The second kappa shape index (κ2) is 8.53. The molecular weight excluding hydrogens is 184 g/mol. The minimum atomic E-state index is -0.742. The van der Waals surface area contributed by atoms with Gasteiger partial charge in [-0.2, -0.15) is 0 Å². The first-order valence-corrected chi connectivity index (χ1v) is 5.02. The van der Waals surface area contributed by atoms with E-state index < -0.39 is 12.1 Å². The molecule has 0 aliphatic carbocycles. The van der Waals surface area contributed by atoms with Crippen LogP contribution in [0.2, 0.25) is 0 Å². The number of unbranched alkanes of at least 4 members (excludes halogenated alkanes) is 2. The molecule has 4 heteroatoms. The molecule has 0 amide bonds. The summed E-state index contributed by atoms with van der Waals surface area (Å²) in [6.07, 6.45) is 2.69. The minimum absolute atomic E-state index is 0.279. The van der Waals surface area contributed by atoms with Gasteiger partial charge in [0, 0.05) is 0 Å². The van der Waals surface area contributed by atoms with Gasteiger partial charge in [-0.25, -0.2) is 4.79 Å². The molecule has 0 rings (SSSR count). The summed E-state index contributed by atoms with van der Waals surface area (Å²) in [6, 6.07) is 0. The molecule has 0 heterocycles. The summed E-state index contributed by atoms with van der Waals surface area (Å²) in [5.74, 6) is -0.448. The predicted molar refractivity (Wildman–Crippen MR) is 51.7 cm³/mol. The van der Waals surface area contributed by atoms with Crippen molar-refractivity contribution in [1.29, 1.82) is 0 Å². The lowest BCUT2D eigenvalue weighted by molar-refractivity contribution is -0.161. The van der Waals surface area contributed by atoms with Gasteiger partial charge in [-0.05, 0) is 12.8 Å². The van der Waals surface area contributed by atoms with Gasteiger partial charge in [-0.1, -0.05) is 26.7 Å². The summed E-state index contributed by atoms with van der Waals surface area (Å²) in [5.41, 5.74) is 0. The number of rotatable bonds is 8. The molecule has 0 radical (unpaired) electrons. The van der Waals surface area contributed by atoms with Gasteiger partial charge >= 0.3 is 5.97 Å². The monoisotopic (exact) mass is 202 g/mol. The van der Waals surface area contributed by atoms with Crippen molar-refractivity contribution in [2.75, 3.05) is 6.61 Å². The topological polar surface area (TPSA) is 52.6 Å². The van der Waals surface area contributed by atoms with Crippen molar-refractivity contribution in [3.63, 3.8) is 0 Å². The highest BCUT2D eigenvalue weighted by Crippen LogP contribution is 2.01. The number of carbonyl (C=O) groups is 2. The van der Waals surface area contributed by atoms with Crippen molar-refractivity contribution in [3.8, 4) is 0 Å². The number of hydrogen-bond acceptors (Lipinski definition) is 4. The maximum atomic E-state index is 11.2. The molecule has 1 unspecified atom stereocenters. The molecule has 82 valence electrons. The Labute approximate surface area is 84.6 Å². The van der Waals surface area contributed by atoms with Crippen molar-refractivity contribution in [2.45, 2.75) is 45.6 Å². The van der Waals surface area contributed by atoms with Gasteiger partial charge < -0.3 is 9.47 Å². The minimum Gasteiger partial charge on any atom is -0.463 e. The molecule has 0 aromatic rings. The number of esters is 1. The molecule has 1 atom stereocenters. The Kier molecular flexibility index (Phi) is 7.89. The SMILES string of the molecule is CCCCCOC(=O)C(CC)OC=O. The predicted octanol–water partition coefficient (Wildman–Crippen LogP) is 1.67. The highest BCUT2D eigenvalue weighted by atomic mass is 16.6. The van der Waals surface area contributed by atoms with E-state index in [4.69, 9.17) is 4.74 Å². The highest BCUT2D eigenvalue weighted by Gasteiger charge is 2.18. The summed E-state index contributed by atoms with van der Waals surface area (Å²) >= 11 is 0. The van der Waals surface area contributed by atoms with Crippen LogP contribution in [-0.4, -0.2) is 25.2 Å². The van der Waals surface area contributed by atoms with Crippen molar-refractivity contribution in [2.24, 2.45) is 0 Å². The van der Waals surface area contributed by atoms with Gasteiger partial charge in [0.05, 0.1) is 6.61 Å². The third kappa shape index (κ3) is 5.56. The molecule has 4 nitrogen and oxygen atoms in total. The molecule has 0 aliphatic heterocycles. The number of carbonyl (C=O) groups excluding carboxylic acids is 2. The van der Waals surface area contributed by atoms with E-state index in [1.165, 1.54) is 0 Å². The first-order chi connectivity index (χ1) is 6.76. The number of hydrogen-bond donors (Lipinski definition) is 0. The van der Waals surface area contributed by atoms with E-state index in [2.05, 4.69) is 11.7 Å². The second-order valence-corrected chi connectivity index (χ2v) is 3.00. The van der Waals surface area contributed by atoms with Crippen LogP contribution in [-0.2, 0) is 19.1 Å². The smallest absolute Gasteiger partial charge is 0.347 e. The second-order valence-electron chi connectivity index (χ2n) is 3.00. The van der Waals surface area contributed by atoms with Crippen LogP contribution in [0, 0.1) is 0 Å².